The van der Waals surface area contributed by atoms with Gasteiger partial charge in [-0.05, 0) is 56.5 Å². The van der Waals surface area contributed by atoms with E-state index in [1.807, 2.05) is 38.8 Å². The minimum atomic E-state index is -3.69. The molecule has 0 fully saturated rings. The number of H-pyrrole nitrogens is 1. The molecule has 0 aliphatic heterocycles. The Bertz CT molecular complexity index is 1580. The molecular formula is C26H25N5O3S. The van der Waals surface area contributed by atoms with Gasteiger partial charge in [-0.3, -0.25) is 4.79 Å². The summed E-state index contributed by atoms with van der Waals surface area (Å²) >= 11 is 0. The molecule has 9 heteroatoms. The largest absolute Gasteiger partial charge is 0.344 e. The minimum absolute atomic E-state index is 0.197. The summed E-state index contributed by atoms with van der Waals surface area (Å²) in [5.74, 6) is 1.48. The molecule has 0 aliphatic carbocycles. The quantitative estimate of drug-likeness (QED) is 0.409. The summed E-state index contributed by atoms with van der Waals surface area (Å²) < 4.78 is 27.7. The van der Waals surface area contributed by atoms with Crippen molar-refractivity contribution in [2.24, 2.45) is 0 Å². The maximum absolute atomic E-state index is 13.2. The Kier molecular flexibility index (Phi) is 6.19. The fourth-order valence-corrected chi connectivity index (χ4v) is 5.08. The second-order valence-electron chi connectivity index (χ2n) is 9.01. The first kappa shape index (κ1) is 24.1. The smallest absolute Gasteiger partial charge is 0.300 e. The summed E-state index contributed by atoms with van der Waals surface area (Å²) in [4.78, 5) is 24.1. The molecule has 4 aromatic rings. The molecule has 0 unspecified atom stereocenters. The van der Waals surface area contributed by atoms with E-state index in [9.17, 15) is 13.2 Å². The van der Waals surface area contributed by atoms with Gasteiger partial charge in [0.05, 0.1) is 16.8 Å². The average molecular weight is 488 g/mol. The molecule has 178 valence electrons. The zero-order valence-corrected chi connectivity index (χ0v) is 20.6. The van der Waals surface area contributed by atoms with Crippen LogP contribution in [0.5, 0.6) is 0 Å². The van der Waals surface area contributed by atoms with Crippen LogP contribution in [0.4, 0.5) is 5.69 Å². The summed E-state index contributed by atoms with van der Waals surface area (Å²) in [6.45, 7) is 5.54. The van der Waals surface area contributed by atoms with Gasteiger partial charge in [-0.25, -0.2) is 18.4 Å². The minimum Gasteiger partial charge on any atom is -0.344 e. The van der Waals surface area contributed by atoms with E-state index in [1.54, 1.807) is 55.8 Å². The molecule has 0 bridgehead atoms. The molecule has 35 heavy (non-hydrogen) atoms. The van der Waals surface area contributed by atoms with Gasteiger partial charge in [0, 0.05) is 35.6 Å². The van der Waals surface area contributed by atoms with Gasteiger partial charge in [0.1, 0.15) is 5.52 Å². The molecule has 0 aliphatic rings. The first-order valence-electron chi connectivity index (χ1n) is 10.8. The Morgan fingerprint density at radius 1 is 1.11 bits per heavy atom. The number of aromatic nitrogens is 3. The van der Waals surface area contributed by atoms with Gasteiger partial charge in [0.25, 0.3) is 5.91 Å². The Hall–Kier alpha value is -4.00. The molecular weight excluding hydrogens is 462 g/mol. The number of carbonyl (C=O) groups is 1. The molecule has 2 aromatic carbocycles. The number of fused-ring (bicyclic) bond motifs is 1. The summed E-state index contributed by atoms with van der Waals surface area (Å²) in [7, 11) is -2.12. The summed E-state index contributed by atoms with van der Waals surface area (Å²) in [6.07, 6.45) is 8.53. The number of benzene rings is 2. The van der Waals surface area contributed by atoms with Crippen LogP contribution in [0.15, 0.2) is 65.8 Å². The van der Waals surface area contributed by atoms with Gasteiger partial charge < -0.3 is 10.3 Å². The highest BCUT2D eigenvalue weighted by Crippen LogP contribution is 2.31. The van der Waals surface area contributed by atoms with Crippen molar-refractivity contribution < 1.29 is 13.2 Å². The fraction of sp³-hybridized carbons (Fsp3) is 0.192. The fourth-order valence-electron chi connectivity index (χ4n) is 3.52. The van der Waals surface area contributed by atoms with Crippen LogP contribution in [0.25, 0.3) is 33.5 Å². The molecule has 1 amide bonds. The maximum Gasteiger partial charge on any atom is 0.300 e. The predicted molar refractivity (Wildman–Crippen MR) is 137 cm³/mol. The van der Waals surface area contributed by atoms with E-state index in [0.29, 0.717) is 28.1 Å². The first-order chi connectivity index (χ1) is 16.5. The summed E-state index contributed by atoms with van der Waals surface area (Å²) in [5, 5.41) is 2.62. The van der Waals surface area contributed by atoms with Crippen LogP contribution in [-0.2, 0) is 14.8 Å². The van der Waals surface area contributed by atoms with Crippen molar-refractivity contribution in [1.82, 2.24) is 19.3 Å². The molecule has 2 heterocycles. The van der Waals surface area contributed by atoms with Crippen LogP contribution in [0.3, 0.4) is 0 Å². The summed E-state index contributed by atoms with van der Waals surface area (Å²) in [5.41, 5.74) is 3.89. The normalized spacial score (nSPS) is 12.0. The van der Waals surface area contributed by atoms with Crippen LogP contribution < -0.4 is 5.32 Å². The summed E-state index contributed by atoms with van der Waals surface area (Å²) in [6, 6.07) is 13.9. The second kappa shape index (κ2) is 8.98. The van der Waals surface area contributed by atoms with Crippen molar-refractivity contribution in [2.45, 2.75) is 31.2 Å². The number of hydrogen-bond acceptors (Lipinski definition) is 5. The molecule has 2 aromatic heterocycles. The number of amides is 1. The number of terminal acetylenes is 1. The van der Waals surface area contributed by atoms with Crippen LogP contribution in [0.2, 0.25) is 0 Å². The molecule has 0 atom stereocenters. The van der Waals surface area contributed by atoms with E-state index in [4.69, 9.17) is 11.4 Å². The van der Waals surface area contributed by atoms with E-state index >= 15 is 0 Å². The highest BCUT2D eigenvalue weighted by molar-refractivity contribution is 7.89. The zero-order chi connectivity index (χ0) is 25.4. The van der Waals surface area contributed by atoms with Gasteiger partial charge in [0.2, 0.25) is 10.0 Å². The van der Waals surface area contributed by atoms with Crippen molar-refractivity contribution in [3.8, 4) is 34.7 Å². The van der Waals surface area contributed by atoms with E-state index in [1.165, 1.54) is 4.31 Å². The maximum atomic E-state index is 13.2. The number of aromatic amines is 1. The lowest BCUT2D eigenvalue weighted by Gasteiger charge is -2.30. The molecule has 4 rings (SSSR count). The van der Waals surface area contributed by atoms with Gasteiger partial charge in [-0.2, -0.15) is 4.31 Å². The highest BCUT2D eigenvalue weighted by Gasteiger charge is 2.30. The van der Waals surface area contributed by atoms with Crippen molar-refractivity contribution in [1.29, 1.82) is 0 Å². The number of nitrogens with zero attached hydrogens (tertiary/aromatic N) is 3. The average Bonchev–Trinajstić information content (AvgIpc) is 3.26. The van der Waals surface area contributed by atoms with E-state index < -0.39 is 21.5 Å². The van der Waals surface area contributed by atoms with Crippen molar-refractivity contribution in [3.05, 3.63) is 60.9 Å². The topological polar surface area (TPSA) is 108 Å². The lowest BCUT2D eigenvalue weighted by molar-refractivity contribution is -0.111. The standard InChI is InChI=1S/C26H25N5O3S/c1-6-23(32)29-19-11-7-10-18(13-19)22-16-28-25-24(30-22)21(15-27-25)17-9-8-12-20(14-17)35(33,34)31(5)26(2,3)4/h1,7-16H,2-5H3,(H,27,28)(H,29,32). The number of hydrogen-bond donors (Lipinski definition) is 2. The lowest BCUT2D eigenvalue weighted by Crippen LogP contribution is -2.42. The number of nitrogens with one attached hydrogen (secondary N) is 2. The van der Waals surface area contributed by atoms with Crippen LogP contribution in [0.1, 0.15) is 20.8 Å². The highest BCUT2D eigenvalue weighted by atomic mass is 32.2. The van der Waals surface area contributed by atoms with E-state index in [-0.39, 0.29) is 4.90 Å². The number of sulfonamides is 1. The number of carbonyl (C=O) groups excluding carboxylic acids is 1. The number of rotatable bonds is 5. The first-order valence-corrected chi connectivity index (χ1v) is 12.3. The van der Waals surface area contributed by atoms with Gasteiger partial charge in [-0.1, -0.05) is 24.3 Å². The zero-order valence-electron chi connectivity index (χ0n) is 19.8. The van der Waals surface area contributed by atoms with Crippen LogP contribution >= 0.6 is 0 Å². The van der Waals surface area contributed by atoms with Crippen molar-refractivity contribution >= 4 is 32.8 Å². The Balaban J connectivity index is 1.76. The van der Waals surface area contributed by atoms with Crippen LogP contribution in [0, 0.1) is 12.3 Å². The molecule has 0 spiro atoms. The van der Waals surface area contributed by atoms with Gasteiger partial charge in [-0.15, -0.1) is 6.42 Å². The van der Waals surface area contributed by atoms with Crippen molar-refractivity contribution in [2.75, 3.05) is 12.4 Å². The van der Waals surface area contributed by atoms with E-state index in [0.717, 1.165) is 11.1 Å². The molecule has 0 radical (unpaired) electrons. The molecule has 2 N–H and O–H groups in total. The third kappa shape index (κ3) is 4.80. The van der Waals surface area contributed by atoms with Gasteiger partial charge in [0.15, 0.2) is 5.65 Å². The third-order valence-corrected chi connectivity index (χ3v) is 7.79. The van der Waals surface area contributed by atoms with Gasteiger partial charge >= 0.3 is 0 Å². The second-order valence-corrected chi connectivity index (χ2v) is 11.0. The Morgan fingerprint density at radius 2 is 1.83 bits per heavy atom. The Morgan fingerprint density at radius 3 is 2.54 bits per heavy atom. The molecule has 0 saturated heterocycles. The Labute approximate surface area is 204 Å². The monoisotopic (exact) mass is 487 g/mol. The lowest BCUT2D eigenvalue weighted by atomic mass is 10.1. The molecule has 0 saturated carbocycles. The van der Waals surface area contributed by atoms with Crippen molar-refractivity contribution in [3.63, 3.8) is 0 Å². The SMILES string of the molecule is C#CC(=O)Nc1cccc(-c2cnc3[nH]cc(-c4cccc(S(=O)(=O)N(C)C(C)(C)C)c4)c3n2)c1. The predicted octanol–water partition coefficient (Wildman–Crippen LogP) is 4.28. The number of anilines is 1. The molecule has 8 nitrogen and oxygen atoms in total. The van der Waals surface area contributed by atoms with E-state index in [2.05, 4.69) is 15.3 Å². The van der Waals surface area contributed by atoms with Crippen LogP contribution in [-0.4, -0.2) is 46.2 Å². The third-order valence-electron chi connectivity index (χ3n) is 5.68.